The predicted molar refractivity (Wildman–Crippen MR) is 71.6 cm³/mol. The van der Waals surface area contributed by atoms with Crippen LogP contribution in [0.4, 0.5) is 0 Å². The third-order valence-corrected chi connectivity index (χ3v) is 4.63. The first-order valence-electron chi connectivity index (χ1n) is 6.48. The van der Waals surface area contributed by atoms with E-state index in [9.17, 15) is 0 Å². The van der Waals surface area contributed by atoms with Crippen LogP contribution < -0.4 is 5.32 Å². The van der Waals surface area contributed by atoms with Crippen LogP contribution >= 0.6 is 11.3 Å². The van der Waals surface area contributed by atoms with Crippen molar-refractivity contribution in [3.8, 4) is 0 Å². The Morgan fingerprint density at radius 3 is 3.06 bits per heavy atom. The van der Waals surface area contributed by atoms with Crippen molar-refractivity contribution in [2.75, 3.05) is 19.8 Å². The average Bonchev–Trinajstić information content (AvgIpc) is 2.89. The van der Waals surface area contributed by atoms with Crippen molar-refractivity contribution in [1.29, 1.82) is 0 Å². The lowest BCUT2D eigenvalue weighted by Crippen LogP contribution is -2.17. The zero-order valence-corrected chi connectivity index (χ0v) is 11.8. The van der Waals surface area contributed by atoms with E-state index in [0.717, 1.165) is 26.2 Å². The zero-order chi connectivity index (χ0) is 12.3. The number of hydrogen-bond acceptors (Lipinski definition) is 4. The molecule has 0 amide bonds. The monoisotopic (exact) mass is 254 g/mol. The molecule has 96 valence electrons. The highest BCUT2D eigenvalue weighted by Gasteiger charge is 2.20. The highest BCUT2D eigenvalue weighted by Crippen LogP contribution is 2.28. The fraction of sp³-hybridized carbons (Fsp3) is 0.769. The molecule has 4 heteroatoms. The summed E-state index contributed by atoms with van der Waals surface area (Å²) in [4.78, 5) is 6.09. The Bertz CT molecular complexity index is 358. The van der Waals surface area contributed by atoms with E-state index < -0.39 is 0 Å². The van der Waals surface area contributed by atoms with Crippen LogP contribution in [0.2, 0.25) is 0 Å². The van der Waals surface area contributed by atoms with Gasteiger partial charge in [-0.2, -0.15) is 0 Å². The summed E-state index contributed by atoms with van der Waals surface area (Å²) < 4.78 is 5.42. The first-order valence-corrected chi connectivity index (χ1v) is 7.29. The first kappa shape index (κ1) is 13.0. The molecular weight excluding hydrogens is 232 g/mol. The van der Waals surface area contributed by atoms with Gasteiger partial charge in [0.2, 0.25) is 0 Å². The van der Waals surface area contributed by atoms with Crippen LogP contribution in [0.3, 0.4) is 0 Å². The van der Waals surface area contributed by atoms with Gasteiger partial charge in [-0.25, -0.2) is 4.98 Å². The largest absolute Gasteiger partial charge is 0.381 e. The molecule has 1 aromatic rings. The van der Waals surface area contributed by atoms with E-state index in [2.05, 4.69) is 26.1 Å². The average molecular weight is 254 g/mol. The summed E-state index contributed by atoms with van der Waals surface area (Å²) in [6.07, 6.45) is 2.28. The molecule has 0 saturated carbocycles. The quantitative estimate of drug-likeness (QED) is 0.877. The molecule has 2 atom stereocenters. The van der Waals surface area contributed by atoms with Gasteiger partial charge in [-0.1, -0.05) is 6.92 Å². The number of aromatic nitrogens is 1. The Kier molecular flexibility index (Phi) is 4.54. The minimum absolute atomic E-state index is 0.422. The summed E-state index contributed by atoms with van der Waals surface area (Å²) in [6.45, 7) is 9.32. The topological polar surface area (TPSA) is 34.1 Å². The molecule has 0 radical (unpaired) electrons. The Hall–Kier alpha value is -0.450. The first-order chi connectivity index (χ1) is 8.20. The van der Waals surface area contributed by atoms with E-state index in [1.807, 2.05) is 11.3 Å². The van der Waals surface area contributed by atoms with Crippen molar-refractivity contribution in [2.24, 2.45) is 5.92 Å². The van der Waals surface area contributed by atoms with Crippen LogP contribution in [0.15, 0.2) is 0 Å². The molecule has 1 aliphatic heterocycles. The highest BCUT2D eigenvalue weighted by atomic mass is 32.1. The lowest BCUT2D eigenvalue weighted by Gasteiger charge is -2.10. The van der Waals surface area contributed by atoms with Gasteiger partial charge in [0.15, 0.2) is 0 Å². The fourth-order valence-corrected chi connectivity index (χ4v) is 3.55. The molecule has 1 N–H and O–H groups in total. The van der Waals surface area contributed by atoms with Gasteiger partial charge >= 0.3 is 0 Å². The van der Waals surface area contributed by atoms with Gasteiger partial charge < -0.3 is 10.1 Å². The summed E-state index contributed by atoms with van der Waals surface area (Å²) in [6, 6.07) is 0.422. The van der Waals surface area contributed by atoms with Crippen LogP contribution in [-0.2, 0) is 11.2 Å². The maximum Gasteiger partial charge on any atom is 0.0935 e. The summed E-state index contributed by atoms with van der Waals surface area (Å²) >= 11 is 1.87. The molecule has 1 saturated heterocycles. The third-order valence-electron chi connectivity index (χ3n) is 3.27. The number of ether oxygens (including phenoxy) is 1. The Morgan fingerprint density at radius 2 is 2.41 bits per heavy atom. The summed E-state index contributed by atoms with van der Waals surface area (Å²) in [7, 11) is 0. The Balaban J connectivity index is 2.01. The number of aryl methyl sites for hydroxylation is 1. The summed E-state index contributed by atoms with van der Waals surface area (Å²) in [5.41, 5.74) is 1.19. The molecule has 0 bridgehead atoms. The fourth-order valence-electron chi connectivity index (χ4n) is 2.34. The molecule has 2 unspecified atom stereocenters. The van der Waals surface area contributed by atoms with Crippen LogP contribution in [0, 0.1) is 12.8 Å². The van der Waals surface area contributed by atoms with E-state index >= 15 is 0 Å². The van der Waals surface area contributed by atoms with Gasteiger partial charge in [0.1, 0.15) is 0 Å². The molecule has 2 rings (SSSR count). The van der Waals surface area contributed by atoms with E-state index in [1.165, 1.54) is 22.0 Å². The molecule has 0 spiro atoms. The van der Waals surface area contributed by atoms with Gasteiger partial charge in [-0.05, 0) is 32.7 Å². The lowest BCUT2D eigenvalue weighted by molar-refractivity contribution is 0.186. The predicted octanol–water partition coefficient (Wildman–Crippen LogP) is 2.70. The molecule has 1 aliphatic rings. The molecule has 2 heterocycles. The summed E-state index contributed by atoms with van der Waals surface area (Å²) in [5, 5.41) is 4.73. The van der Waals surface area contributed by atoms with Crippen molar-refractivity contribution in [2.45, 2.75) is 39.7 Å². The molecule has 0 aromatic carbocycles. The maximum atomic E-state index is 5.42. The van der Waals surface area contributed by atoms with Crippen molar-refractivity contribution in [3.63, 3.8) is 0 Å². The van der Waals surface area contributed by atoms with Crippen LogP contribution in [0.5, 0.6) is 0 Å². The Labute approximate surface area is 108 Å². The van der Waals surface area contributed by atoms with Crippen molar-refractivity contribution in [3.05, 3.63) is 15.6 Å². The molecule has 17 heavy (non-hydrogen) atoms. The molecular formula is C13H22N2OS. The number of rotatable bonds is 5. The van der Waals surface area contributed by atoms with E-state index in [4.69, 9.17) is 9.72 Å². The third kappa shape index (κ3) is 3.27. The second-order valence-corrected chi connectivity index (χ2v) is 5.89. The highest BCUT2D eigenvalue weighted by molar-refractivity contribution is 7.11. The maximum absolute atomic E-state index is 5.42. The smallest absolute Gasteiger partial charge is 0.0935 e. The van der Waals surface area contributed by atoms with Crippen molar-refractivity contribution >= 4 is 11.3 Å². The molecule has 1 aromatic heterocycles. The standard InChI is InChI=1S/C13H22N2OS/c1-4-14-9(2)13-10(3)15-12(17-13)7-11-5-6-16-8-11/h9,11,14H,4-8H2,1-3H3. The van der Waals surface area contributed by atoms with Gasteiger partial charge in [-0.15, -0.1) is 11.3 Å². The van der Waals surface area contributed by atoms with Crippen LogP contribution in [-0.4, -0.2) is 24.7 Å². The van der Waals surface area contributed by atoms with Crippen molar-refractivity contribution < 1.29 is 4.74 Å². The number of thiazole rings is 1. The van der Waals surface area contributed by atoms with Gasteiger partial charge in [0.25, 0.3) is 0 Å². The minimum Gasteiger partial charge on any atom is -0.381 e. The zero-order valence-electron chi connectivity index (χ0n) is 11.0. The second kappa shape index (κ2) is 5.94. The van der Waals surface area contributed by atoms with E-state index in [1.54, 1.807) is 0 Å². The van der Waals surface area contributed by atoms with Gasteiger partial charge in [-0.3, -0.25) is 0 Å². The minimum atomic E-state index is 0.422. The Morgan fingerprint density at radius 1 is 1.59 bits per heavy atom. The number of nitrogens with one attached hydrogen (secondary N) is 1. The van der Waals surface area contributed by atoms with E-state index in [-0.39, 0.29) is 0 Å². The normalized spacial score (nSPS) is 21.9. The van der Waals surface area contributed by atoms with Gasteiger partial charge in [0.05, 0.1) is 10.7 Å². The van der Waals surface area contributed by atoms with Crippen LogP contribution in [0.1, 0.15) is 41.9 Å². The van der Waals surface area contributed by atoms with E-state index in [0.29, 0.717) is 12.0 Å². The molecule has 3 nitrogen and oxygen atoms in total. The van der Waals surface area contributed by atoms with Gasteiger partial charge in [0, 0.05) is 30.6 Å². The number of nitrogens with zero attached hydrogens (tertiary/aromatic N) is 1. The van der Waals surface area contributed by atoms with Crippen molar-refractivity contribution in [1.82, 2.24) is 10.3 Å². The second-order valence-electron chi connectivity index (χ2n) is 4.77. The molecule has 1 fully saturated rings. The SMILES string of the molecule is CCNC(C)c1sc(CC2CCOC2)nc1C. The summed E-state index contributed by atoms with van der Waals surface area (Å²) in [5.74, 6) is 0.683. The van der Waals surface area contributed by atoms with Crippen LogP contribution in [0.25, 0.3) is 0 Å². The lowest BCUT2D eigenvalue weighted by atomic mass is 10.1. The molecule has 0 aliphatic carbocycles. The number of hydrogen-bond donors (Lipinski definition) is 1.